The smallest absolute Gasteiger partial charge is 0.330 e. The number of carboxylic acids is 1. The first-order chi connectivity index (χ1) is 11.8. The number of nitro groups is 1. The fourth-order valence-electron chi connectivity index (χ4n) is 2.01. The summed E-state index contributed by atoms with van der Waals surface area (Å²) in [7, 11) is 1.36. The number of carbonyl (C=O) groups is 2. The summed E-state index contributed by atoms with van der Waals surface area (Å²) in [6, 6.07) is 2.51. The molecule has 0 fully saturated rings. The van der Waals surface area contributed by atoms with Gasteiger partial charge in [-0.3, -0.25) is 14.9 Å². The lowest BCUT2D eigenvalue weighted by Gasteiger charge is -2.16. The standard InChI is InChI=1S/C16H19NO8/c1-4-16(20)25-10(2)11-8-13(23-3)14(9-12(11)17(21)22)24-7-5-6-15(18)19/h4,8-10H,1,5-7H2,2-3H3,(H,18,19). The summed E-state index contributed by atoms with van der Waals surface area (Å²) in [6.45, 7) is 4.81. The van der Waals surface area contributed by atoms with E-state index in [0.29, 0.717) is 0 Å². The topological polar surface area (TPSA) is 125 Å². The Bertz CT molecular complexity index is 670. The van der Waals surface area contributed by atoms with Crippen LogP contribution in [0.5, 0.6) is 11.5 Å². The molecule has 0 amide bonds. The van der Waals surface area contributed by atoms with Crippen molar-refractivity contribution in [1.29, 1.82) is 0 Å². The predicted molar refractivity (Wildman–Crippen MR) is 86.7 cm³/mol. The van der Waals surface area contributed by atoms with Crippen LogP contribution in [0.4, 0.5) is 5.69 Å². The van der Waals surface area contributed by atoms with E-state index in [4.69, 9.17) is 19.3 Å². The van der Waals surface area contributed by atoms with Crippen molar-refractivity contribution < 1.29 is 33.8 Å². The average molecular weight is 353 g/mol. The summed E-state index contributed by atoms with van der Waals surface area (Å²) in [4.78, 5) is 32.5. The van der Waals surface area contributed by atoms with Gasteiger partial charge in [0.05, 0.1) is 30.3 Å². The lowest BCUT2D eigenvalue weighted by atomic mass is 10.1. The third kappa shape index (κ3) is 5.79. The molecule has 1 aromatic carbocycles. The summed E-state index contributed by atoms with van der Waals surface area (Å²) >= 11 is 0. The van der Waals surface area contributed by atoms with Crippen LogP contribution in [0.15, 0.2) is 24.8 Å². The van der Waals surface area contributed by atoms with Gasteiger partial charge >= 0.3 is 11.9 Å². The lowest BCUT2D eigenvalue weighted by molar-refractivity contribution is -0.386. The van der Waals surface area contributed by atoms with Gasteiger partial charge in [0.15, 0.2) is 11.5 Å². The fourth-order valence-corrected chi connectivity index (χ4v) is 2.01. The number of carbonyl (C=O) groups excluding carboxylic acids is 1. The minimum atomic E-state index is -0.963. The van der Waals surface area contributed by atoms with E-state index < -0.39 is 23.0 Å². The second-order valence-electron chi connectivity index (χ2n) is 4.95. The normalized spacial score (nSPS) is 11.3. The number of benzene rings is 1. The van der Waals surface area contributed by atoms with Gasteiger partial charge in [-0.05, 0) is 19.4 Å². The molecule has 0 radical (unpaired) electrons. The van der Waals surface area contributed by atoms with E-state index in [1.54, 1.807) is 0 Å². The highest BCUT2D eigenvalue weighted by Crippen LogP contribution is 2.38. The number of carboxylic acid groups (broad SMARTS) is 1. The highest BCUT2D eigenvalue weighted by molar-refractivity contribution is 5.81. The van der Waals surface area contributed by atoms with Gasteiger partial charge in [-0.1, -0.05) is 6.58 Å². The minimum absolute atomic E-state index is 0.0557. The van der Waals surface area contributed by atoms with E-state index in [2.05, 4.69) is 6.58 Å². The van der Waals surface area contributed by atoms with Crippen LogP contribution in [0, 0.1) is 10.1 Å². The molecule has 0 heterocycles. The molecule has 0 bridgehead atoms. The second kappa shape index (κ2) is 9.26. The zero-order valence-electron chi connectivity index (χ0n) is 13.9. The first-order valence-electron chi connectivity index (χ1n) is 7.34. The molecule has 1 aromatic rings. The van der Waals surface area contributed by atoms with Crippen LogP contribution in [0.1, 0.15) is 31.4 Å². The van der Waals surface area contributed by atoms with Gasteiger partial charge in [0.1, 0.15) is 6.10 Å². The SMILES string of the molecule is C=CC(=O)OC(C)c1cc(OC)c(OCCCC(=O)O)cc1[N+](=O)[O-]. The van der Waals surface area contributed by atoms with E-state index in [1.165, 1.54) is 20.1 Å². The van der Waals surface area contributed by atoms with Crippen molar-refractivity contribution in [2.45, 2.75) is 25.9 Å². The third-order valence-corrected chi connectivity index (χ3v) is 3.20. The molecular formula is C16H19NO8. The Hall–Kier alpha value is -3.10. The van der Waals surface area contributed by atoms with Gasteiger partial charge < -0.3 is 19.3 Å². The Morgan fingerprint density at radius 3 is 2.60 bits per heavy atom. The molecule has 0 saturated carbocycles. The van der Waals surface area contributed by atoms with Gasteiger partial charge in [0.25, 0.3) is 5.69 Å². The average Bonchev–Trinajstić information content (AvgIpc) is 2.57. The van der Waals surface area contributed by atoms with Crippen molar-refractivity contribution in [2.75, 3.05) is 13.7 Å². The molecule has 0 spiro atoms. The summed E-state index contributed by atoms with van der Waals surface area (Å²) in [6.07, 6.45) is 0.207. The molecule has 1 rings (SSSR count). The van der Waals surface area contributed by atoms with E-state index in [1.807, 2.05) is 0 Å². The van der Waals surface area contributed by atoms with Crippen LogP contribution in [0.25, 0.3) is 0 Å². The largest absolute Gasteiger partial charge is 0.493 e. The molecule has 0 aliphatic heterocycles. The first-order valence-corrected chi connectivity index (χ1v) is 7.34. The van der Waals surface area contributed by atoms with E-state index in [-0.39, 0.29) is 42.2 Å². The lowest BCUT2D eigenvalue weighted by Crippen LogP contribution is -2.09. The number of methoxy groups -OCH3 is 1. The zero-order chi connectivity index (χ0) is 19.0. The van der Waals surface area contributed by atoms with Crippen molar-refractivity contribution >= 4 is 17.6 Å². The van der Waals surface area contributed by atoms with Gasteiger partial charge in [0.2, 0.25) is 0 Å². The van der Waals surface area contributed by atoms with Crippen LogP contribution in [-0.2, 0) is 14.3 Å². The molecule has 25 heavy (non-hydrogen) atoms. The Labute approximate surface area is 144 Å². The van der Waals surface area contributed by atoms with E-state index in [0.717, 1.165) is 12.1 Å². The van der Waals surface area contributed by atoms with Crippen molar-refractivity contribution in [2.24, 2.45) is 0 Å². The number of nitrogens with zero attached hydrogens (tertiary/aromatic N) is 1. The highest BCUT2D eigenvalue weighted by Gasteiger charge is 2.25. The predicted octanol–water partition coefficient (Wildman–Crippen LogP) is 2.64. The van der Waals surface area contributed by atoms with Gasteiger partial charge in [-0.25, -0.2) is 4.79 Å². The van der Waals surface area contributed by atoms with Crippen molar-refractivity contribution in [3.8, 4) is 11.5 Å². The fraction of sp³-hybridized carbons (Fsp3) is 0.375. The molecule has 1 atom stereocenters. The zero-order valence-corrected chi connectivity index (χ0v) is 13.9. The second-order valence-corrected chi connectivity index (χ2v) is 4.95. The van der Waals surface area contributed by atoms with Gasteiger partial charge in [0, 0.05) is 12.5 Å². The van der Waals surface area contributed by atoms with Crippen molar-refractivity contribution in [3.05, 3.63) is 40.5 Å². The summed E-state index contributed by atoms with van der Waals surface area (Å²) < 4.78 is 15.6. The first kappa shape index (κ1) is 19.9. The van der Waals surface area contributed by atoms with Crippen LogP contribution in [-0.4, -0.2) is 35.7 Å². The summed E-state index contributed by atoms with van der Waals surface area (Å²) in [5.74, 6) is -1.37. The summed E-state index contributed by atoms with van der Waals surface area (Å²) in [5.41, 5.74) is -0.173. The molecule has 1 unspecified atom stereocenters. The number of hydrogen-bond acceptors (Lipinski definition) is 7. The van der Waals surface area contributed by atoms with E-state index in [9.17, 15) is 19.7 Å². The molecule has 9 heteroatoms. The van der Waals surface area contributed by atoms with Crippen molar-refractivity contribution in [3.63, 3.8) is 0 Å². The van der Waals surface area contributed by atoms with Crippen molar-refractivity contribution in [1.82, 2.24) is 0 Å². The van der Waals surface area contributed by atoms with Gasteiger partial charge in [-0.2, -0.15) is 0 Å². The number of rotatable bonds is 10. The molecule has 136 valence electrons. The van der Waals surface area contributed by atoms with Crippen LogP contribution >= 0.6 is 0 Å². The molecule has 0 aliphatic rings. The quantitative estimate of drug-likeness (QED) is 0.224. The number of ether oxygens (including phenoxy) is 3. The van der Waals surface area contributed by atoms with Crippen LogP contribution < -0.4 is 9.47 Å². The molecule has 0 aliphatic carbocycles. The molecule has 1 N–H and O–H groups in total. The monoisotopic (exact) mass is 353 g/mol. The van der Waals surface area contributed by atoms with E-state index >= 15 is 0 Å². The number of aliphatic carboxylic acids is 1. The Morgan fingerprint density at radius 2 is 2.08 bits per heavy atom. The van der Waals surface area contributed by atoms with Gasteiger partial charge in [-0.15, -0.1) is 0 Å². The van der Waals surface area contributed by atoms with Crippen LogP contribution in [0.3, 0.4) is 0 Å². The molecule has 9 nitrogen and oxygen atoms in total. The highest BCUT2D eigenvalue weighted by atomic mass is 16.6. The minimum Gasteiger partial charge on any atom is -0.493 e. The number of nitro benzene ring substituents is 1. The molecule has 0 saturated heterocycles. The van der Waals surface area contributed by atoms with Crippen LogP contribution in [0.2, 0.25) is 0 Å². The molecular weight excluding hydrogens is 334 g/mol. The summed E-state index contributed by atoms with van der Waals surface area (Å²) in [5, 5.41) is 19.9. The maximum absolute atomic E-state index is 11.3. The Morgan fingerprint density at radius 1 is 1.40 bits per heavy atom. The Balaban J connectivity index is 3.10. The maximum atomic E-state index is 11.3. The number of hydrogen-bond donors (Lipinski definition) is 1. The maximum Gasteiger partial charge on any atom is 0.330 e. The molecule has 0 aromatic heterocycles. The Kier molecular flexibility index (Phi) is 7.39. The number of esters is 1. The third-order valence-electron chi connectivity index (χ3n) is 3.20.